The summed E-state index contributed by atoms with van der Waals surface area (Å²) in [7, 11) is 0. The smallest absolute Gasteiger partial charge is 0.256 e. The summed E-state index contributed by atoms with van der Waals surface area (Å²) < 4.78 is 0. The number of hydrogen-bond acceptors (Lipinski definition) is 6. The molecule has 2 atom stereocenters. The molecule has 2 fully saturated rings. The maximum atomic E-state index is 13.1. The number of nitrogens with one attached hydrogen (secondary N) is 2. The molecule has 3 aliphatic heterocycles. The first kappa shape index (κ1) is 20.6. The van der Waals surface area contributed by atoms with E-state index < -0.39 is 11.7 Å². The lowest BCUT2D eigenvalue weighted by molar-refractivity contribution is -0.145. The van der Waals surface area contributed by atoms with Crippen molar-refractivity contribution < 1.29 is 14.4 Å². The van der Waals surface area contributed by atoms with Crippen LogP contribution in [0.15, 0.2) is 18.3 Å². The number of rotatable bonds is 3. The van der Waals surface area contributed by atoms with E-state index in [0.29, 0.717) is 43.9 Å². The molecule has 0 radical (unpaired) electrons. The fourth-order valence-corrected chi connectivity index (χ4v) is 4.60. The molecule has 30 heavy (non-hydrogen) atoms. The van der Waals surface area contributed by atoms with E-state index in [1.165, 1.54) is 0 Å². The summed E-state index contributed by atoms with van der Waals surface area (Å²) >= 11 is 0. The van der Waals surface area contributed by atoms with Crippen molar-refractivity contribution in [3.8, 4) is 0 Å². The number of nitrogens with zero attached hydrogens (tertiary/aromatic N) is 4. The molecular weight excluding hydrogens is 384 g/mol. The highest BCUT2D eigenvalue weighted by Gasteiger charge is 2.42. The summed E-state index contributed by atoms with van der Waals surface area (Å²) in [5.41, 5.74) is -0.219. The predicted molar refractivity (Wildman–Crippen MR) is 112 cm³/mol. The van der Waals surface area contributed by atoms with Crippen molar-refractivity contribution >= 4 is 23.5 Å². The molecule has 162 valence electrons. The molecule has 2 N–H and O–H groups in total. The van der Waals surface area contributed by atoms with Crippen molar-refractivity contribution in [3.05, 3.63) is 23.9 Å². The highest BCUT2D eigenvalue weighted by Crippen LogP contribution is 2.31. The van der Waals surface area contributed by atoms with Gasteiger partial charge < -0.3 is 25.3 Å². The Kier molecular flexibility index (Phi) is 5.64. The highest BCUT2D eigenvalue weighted by molar-refractivity contribution is 6.01. The third kappa shape index (κ3) is 3.86. The lowest BCUT2D eigenvalue weighted by atomic mass is 9.97. The van der Waals surface area contributed by atoms with Gasteiger partial charge in [-0.25, -0.2) is 4.98 Å². The lowest BCUT2D eigenvalue weighted by Crippen LogP contribution is -2.58. The van der Waals surface area contributed by atoms with Crippen LogP contribution >= 0.6 is 0 Å². The van der Waals surface area contributed by atoms with Gasteiger partial charge in [-0.05, 0) is 32.0 Å². The molecule has 1 aromatic rings. The minimum absolute atomic E-state index is 0.00250. The van der Waals surface area contributed by atoms with Crippen LogP contribution in [0.25, 0.3) is 0 Å². The molecule has 9 heteroatoms. The Balaban J connectivity index is 1.44. The van der Waals surface area contributed by atoms with E-state index >= 15 is 0 Å². The molecule has 1 spiro atoms. The van der Waals surface area contributed by atoms with Crippen LogP contribution in [-0.2, 0) is 9.59 Å². The monoisotopic (exact) mass is 414 g/mol. The second-order valence-corrected chi connectivity index (χ2v) is 8.33. The predicted octanol–water partition coefficient (Wildman–Crippen LogP) is 0.498. The van der Waals surface area contributed by atoms with Crippen molar-refractivity contribution in [1.82, 2.24) is 25.0 Å². The molecule has 2 saturated heterocycles. The average Bonchev–Trinajstić information content (AvgIpc) is 2.92. The van der Waals surface area contributed by atoms with Gasteiger partial charge in [-0.3, -0.25) is 14.4 Å². The Morgan fingerprint density at radius 3 is 2.67 bits per heavy atom. The second-order valence-electron chi connectivity index (χ2n) is 8.33. The van der Waals surface area contributed by atoms with E-state index in [1.54, 1.807) is 23.2 Å². The van der Waals surface area contributed by atoms with Gasteiger partial charge in [0.15, 0.2) is 0 Å². The Hall–Kier alpha value is -2.68. The molecule has 3 amide bonds. The Morgan fingerprint density at radius 2 is 1.93 bits per heavy atom. The van der Waals surface area contributed by atoms with Gasteiger partial charge in [0.2, 0.25) is 11.8 Å². The van der Waals surface area contributed by atoms with Crippen LogP contribution in [-0.4, -0.2) is 88.4 Å². The van der Waals surface area contributed by atoms with E-state index in [1.807, 2.05) is 11.8 Å². The fraction of sp³-hybridized carbons (Fsp3) is 0.619. The summed E-state index contributed by atoms with van der Waals surface area (Å²) in [6, 6.07) is 2.94. The fourth-order valence-electron chi connectivity index (χ4n) is 4.60. The molecule has 0 aromatic carbocycles. The third-order valence-corrected chi connectivity index (χ3v) is 6.58. The normalized spacial score (nSPS) is 25.9. The van der Waals surface area contributed by atoms with E-state index in [9.17, 15) is 14.4 Å². The Labute approximate surface area is 176 Å². The van der Waals surface area contributed by atoms with Gasteiger partial charge in [0.1, 0.15) is 17.5 Å². The minimum Gasteiger partial charge on any atom is -0.347 e. The molecule has 4 rings (SSSR count). The molecule has 3 aliphatic rings. The standard InChI is InChI=1S/C21H30N6O3/c1-3-25-11-13-26(14-12-25)20(30)15(2)27-10-8-21(7-6-17(27)28)23-18-16(19(29)24-21)5-4-9-22-18/h4-5,9,15H,3,6-8,10-14H2,1-2H3,(H,22,23)(H,24,29). The number of amides is 3. The number of likely N-dealkylation sites (N-methyl/N-ethyl adjacent to an activating group) is 1. The first-order valence-electron chi connectivity index (χ1n) is 10.8. The number of fused-ring (bicyclic) bond motifs is 1. The van der Waals surface area contributed by atoms with Gasteiger partial charge in [-0.1, -0.05) is 6.92 Å². The number of carbonyl (C=O) groups excluding carboxylic acids is 3. The van der Waals surface area contributed by atoms with Crippen molar-refractivity contribution in [2.45, 2.75) is 44.8 Å². The van der Waals surface area contributed by atoms with Crippen LogP contribution in [0.1, 0.15) is 43.5 Å². The quantitative estimate of drug-likeness (QED) is 0.748. The summed E-state index contributed by atoms with van der Waals surface area (Å²) in [6.07, 6.45) is 2.88. The molecule has 0 aliphatic carbocycles. The van der Waals surface area contributed by atoms with Gasteiger partial charge in [-0.15, -0.1) is 0 Å². The lowest BCUT2D eigenvalue weighted by Gasteiger charge is -2.40. The molecule has 1 aromatic heterocycles. The largest absolute Gasteiger partial charge is 0.347 e. The van der Waals surface area contributed by atoms with Crippen LogP contribution in [0, 0.1) is 0 Å². The summed E-state index contributed by atoms with van der Waals surface area (Å²) in [4.78, 5) is 48.7. The third-order valence-electron chi connectivity index (χ3n) is 6.58. The number of anilines is 1. The van der Waals surface area contributed by atoms with Gasteiger partial charge in [0.25, 0.3) is 5.91 Å². The Bertz CT molecular complexity index is 838. The van der Waals surface area contributed by atoms with Crippen molar-refractivity contribution in [2.24, 2.45) is 0 Å². The topological polar surface area (TPSA) is 97.9 Å². The highest BCUT2D eigenvalue weighted by atomic mass is 16.2. The van der Waals surface area contributed by atoms with Crippen molar-refractivity contribution in [1.29, 1.82) is 0 Å². The van der Waals surface area contributed by atoms with Crippen LogP contribution in [0.3, 0.4) is 0 Å². The first-order chi connectivity index (χ1) is 14.4. The number of likely N-dealkylation sites (tertiary alicyclic amines) is 1. The maximum Gasteiger partial charge on any atom is 0.256 e. The van der Waals surface area contributed by atoms with E-state index in [0.717, 1.165) is 19.6 Å². The minimum atomic E-state index is -0.724. The van der Waals surface area contributed by atoms with E-state index in [2.05, 4.69) is 27.4 Å². The molecule has 0 bridgehead atoms. The van der Waals surface area contributed by atoms with Gasteiger partial charge in [0.05, 0.1) is 5.56 Å². The van der Waals surface area contributed by atoms with Crippen molar-refractivity contribution in [3.63, 3.8) is 0 Å². The van der Waals surface area contributed by atoms with Gasteiger partial charge >= 0.3 is 0 Å². The molecular formula is C21H30N6O3. The second kappa shape index (κ2) is 8.22. The van der Waals surface area contributed by atoms with Crippen LogP contribution in [0.4, 0.5) is 5.82 Å². The van der Waals surface area contributed by atoms with Crippen LogP contribution in [0.5, 0.6) is 0 Å². The zero-order valence-electron chi connectivity index (χ0n) is 17.7. The van der Waals surface area contributed by atoms with Gasteiger partial charge in [0, 0.05) is 51.8 Å². The number of carbonyl (C=O) groups is 3. The van der Waals surface area contributed by atoms with E-state index in [4.69, 9.17) is 0 Å². The number of piperazine rings is 1. The van der Waals surface area contributed by atoms with E-state index in [-0.39, 0.29) is 24.1 Å². The van der Waals surface area contributed by atoms with Gasteiger partial charge in [-0.2, -0.15) is 0 Å². The van der Waals surface area contributed by atoms with Crippen LogP contribution in [0.2, 0.25) is 0 Å². The number of hydrogen-bond donors (Lipinski definition) is 2. The number of aromatic nitrogens is 1. The average molecular weight is 415 g/mol. The maximum absolute atomic E-state index is 13.1. The number of pyridine rings is 1. The summed E-state index contributed by atoms with van der Waals surface area (Å²) in [5, 5.41) is 6.39. The molecule has 2 unspecified atom stereocenters. The SMILES string of the molecule is CCN1CCN(C(=O)C(C)N2CCC3(CCC2=O)NC(=O)c2cccnc2N3)CC1. The molecule has 4 heterocycles. The van der Waals surface area contributed by atoms with Crippen molar-refractivity contribution in [2.75, 3.05) is 44.6 Å². The zero-order valence-corrected chi connectivity index (χ0v) is 17.7. The summed E-state index contributed by atoms with van der Waals surface area (Å²) in [5.74, 6) is 0.307. The molecule has 9 nitrogen and oxygen atoms in total. The summed E-state index contributed by atoms with van der Waals surface area (Å²) in [6.45, 7) is 8.46. The zero-order chi connectivity index (χ0) is 21.3. The Morgan fingerprint density at radius 1 is 1.17 bits per heavy atom. The first-order valence-corrected chi connectivity index (χ1v) is 10.8. The molecule has 0 saturated carbocycles. The van der Waals surface area contributed by atoms with Crippen LogP contribution < -0.4 is 10.6 Å².